The Bertz CT molecular complexity index is 1420. The summed E-state index contributed by atoms with van der Waals surface area (Å²) in [6.45, 7) is 3.74. The number of carboxylic acids is 1. The predicted molar refractivity (Wildman–Crippen MR) is 125 cm³/mol. The van der Waals surface area contributed by atoms with E-state index >= 15 is 0 Å². The lowest BCUT2D eigenvalue weighted by molar-refractivity contribution is -0.141. The van der Waals surface area contributed by atoms with E-state index in [1.807, 2.05) is 19.9 Å². The van der Waals surface area contributed by atoms with Crippen molar-refractivity contribution in [3.05, 3.63) is 80.4 Å². The highest BCUT2D eigenvalue weighted by molar-refractivity contribution is 6.30. The van der Waals surface area contributed by atoms with Crippen LogP contribution >= 0.6 is 11.6 Å². The van der Waals surface area contributed by atoms with Gasteiger partial charge in [0, 0.05) is 40.3 Å². The lowest BCUT2D eigenvalue weighted by Gasteiger charge is -2.15. The number of rotatable bonds is 7. The highest BCUT2D eigenvalue weighted by atomic mass is 35.5. The number of aryl methyl sites for hydroxylation is 2. The maximum atomic E-state index is 12.6. The van der Waals surface area contributed by atoms with Gasteiger partial charge in [-0.3, -0.25) is 4.79 Å². The number of hydrogen-bond donors (Lipinski definition) is 2. The average Bonchev–Trinajstić information content (AvgIpc) is 3.13. The van der Waals surface area contributed by atoms with Gasteiger partial charge >= 0.3 is 11.6 Å². The Hall–Kier alpha value is -3.58. The summed E-state index contributed by atoms with van der Waals surface area (Å²) >= 11 is 5.86. The van der Waals surface area contributed by atoms with E-state index < -0.39 is 23.5 Å². The number of carboxylic acid groups (broad SMARTS) is 1. The first-order valence-corrected chi connectivity index (χ1v) is 10.8. The smallest absolute Gasteiger partial charge is 0.339 e. The van der Waals surface area contributed by atoms with E-state index in [0.29, 0.717) is 21.8 Å². The van der Waals surface area contributed by atoms with Gasteiger partial charge in [-0.15, -0.1) is 0 Å². The van der Waals surface area contributed by atoms with Crippen LogP contribution in [0.15, 0.2) is 56.3 Å². The molecule has 2 aromatic heterocycles. The molecule has 1 amide bonds. The molecule has 8 heteroatoms. The van der Waals surface area contributed by atoms with Crippen LogP contribution in [-0.2, 0) is 22.4 Å². The number of carbonyl (C=O) groups excluding carboxylic acids is 1. The molecule has 2 heterocycles. The van der Waals surface area contributed by atoms with E-state index in [1.54, 1.807) is 36.6 Å². The van der Waals surface area contributed by atoms with Crippen molar-refractivity contribution in [2.24, 2.45) is 0 Å². The van der Waals surface area contributed by atoms with Gasteiger partial charge in [-0.2, -0.15) is 0 Å². The third kappa shape index (κ3) is 4.78. The maximum absolute atomic E-state index is 12.6. The Morgan fingerprint density at radius 1 is 1.09 bits per heavy atom. The fourth-order valence-electron chi connectivity index (χ4n) is 3.89. The fraction of sp³-hybridized carbons (Fsp3) is 0.240. The topological polar surface area (TPSA) is 110 Å². The summed E-state index contributed by atoms with van der Waals surface area (Å²) in [5.74, 6) is -1.60. The number of amides is 1. The summed E-state index contributed by atoms with van der Waals surface area (Å²) in [5, 5.41) is 14.3. The van der Waals surface area contributed by atoms with E-state index in [4.69, 9.17) is 20.4 Å². The Morgan fingerprint density at radius 2 is 1.82 bits per heavy atom. The van der Waals surface area contributed by atoms with Crippen LogP contribution in [0.25, 0.3) is 21.9 Å². The molecule has 33 heavy (non-hydrogen) atoms. The van der Waals surface area contributed by atoms with Crippen LogP contribution in [-0.4, -0.2) is 23.0 Å². The molecule has 2 N–H and O–H groups in total. The number of aliphatic carboxylic acids is 1. The van der Waals surface area contributed by atoms with Gasteiger partial charge in [-0.1, -0.05) is 23.7 Å². The molecule has 4 aromatic rings. The van der Waals surface area contributed by atoms with Crippen molar-refractivity contribution in [1.29, 1.82) is 0 Å². The monoisotopic (exact) mass is 467 g/mol. The summed E-state index contributed by atoms with van der Waals surface area (Å²) in [4.78, 5) is 36.7. The second kappa shape index (κ2) is 9.11. The minimum atomic E-state index is -1.14. The van der Waals surface area contributed by atoms with Gasteiger partial charge in [0.1, 0.15) is 17.2 Å². The lowest BCUT2D eigenvalue weighted by atomic mass is 10.0. The Balaban J connectivity index is 1.50. The van der Waals surface area contributed by atoms with E-state index in [2.05, 4.69) is 5.32 Å². The van der Waals surface area contributed by atoms with Crippen molar-refractivity contribution < 1.29 is 23.5 Å². The molecule has 0 aliphatic rings. The Labute approximate surface area is 194 Å². The number of nitrogens with one attached hydrogen (secondary N) is 1. The number of furan rings is 1. The highest BCUT2D eigenvalue weighted by Crippen LogP contribution is 2.29. The molecule has 0 saturated carbocycles. The van der Waals surface area contributed by atoms with Crippen molar-refractivity contribution in [2.45, 2.75) is 39.2 Å². The molecule has 0 saturated heterocycles. The largest absolute Gasteiger partial charge is 0.480 e. The lowest BCUT2D eigenvalue weighted by Crippen LogP contribution is -2.42. The summed E-state index contributed by atoms with van der Waals surface area (Å²) in [6.07, 6.45) is 1.85. The minimum Gasteiger partial charge on any atom is -0.480 e. The molecule has 4 rings (SSSR count). The molecule has 0 unspecified atom stereocenters. The van der Waals surface area contributed by atoms with E-state index in [-0.39, 0.29) is 19.3 Å². The van der Waals surface area contributed by atoms with Crippen LogP contribution in [0.3, 0.4) is 0 Å². The predicted octanol–water partition coefficient (Wildman–Crippen LogP) is 4.55. The third-order valence-corrected chi connectivity index (χ3v) is 6.02. The van der Waals surface area contributed by atoms with Gasteiger partial charge in [0.25, 0.3) is 0 Å². The summed E-state index contributed by atoms with van der Waals surface area (Å²) in [7, 11) is 0. The second-order valence-corrected chi connectivity index (χ2v) is 8.48. The molecule has 0 fully saturated rings. The molecule has 0 bridgehead atoms. The first-order chi connectivity index (χ1) is 15.7. The van der Waals surface area contributed by atoms with Crippen molar-refractivity contribution in [1.82, 2.24) is 5.32 Å². The second-order valence-electron chi connectivity index (χ2n) is 8.05. The standard InChI is InChI=1S/C25H22ClNO6/c1-13-12-32-21-11-22-19(10-18(13)21)14(2)17(25(31)33-22)7-8-23(28)27-20(24(29)30)9-15-3-5-16(26)6-4-15/h3-6,10-12,20H,7-9H2,1-2H3,(H,27,28)(H,29,30)/t20-/m0/s1. The number of hydrogen-bond acceptors (Lipinski definition) is 5. The van der Waals surface area contributed by atoms with Crippen LogP contribution in [0.1, 0.15) is 28.7 Å². The molecular formula is C25H22ClNO6. The molecule has 0 radical (unpaired) electrons. The zero-order valence-electron chi connectivity index (χ0n) is 18.1. The van der Waals surface area contributed by atoms with Crippen LogP contribution in [0, 0.1) is 13.8 Å². The van der Waals surface area contributed by atoms with Crippen molar-refractivity contribution in [3.8, 4) is 0 Å². The van der Waals surface area contributed by atoms with E-state index in [9.17, 15) is 19.5 Å². The summed E-state index contributed by atoms with van der Waals surface area (Å²) < 4.78 is 11.0. The number of benzene rings is 2. The van der Waals surface area contributed by atoms with Crippen LogP contribution in [0.5, 0.6) is 0 Å². The molecule has 170 valence electrons. The SMILES string of the molecule is Cc1coc2cc3oc(=O)c(CCC(=O)N[C@@H](Cc4ccc(Cl)cc4)C(=O)O)c(C)c3cc12. The number of fused-ring (bicyclic) bond motifs is 2. The molecule has 2 aromatic carbocycles. The van der Waals surface area contributed by atoms with Crippen molar-refractivity contribution in [2.75, 3.05) is 0 Å². The molecular weight excluding hydrogens is 446 g/mol. The van der Waals surface area contributed by atoms with Crippen LogP contribution < -0.4 is 10.9 Å². The molecule has 0 spiro atoms. The number of halogens is 1. The molecule has 0 aliphatic heterocycles. The van der Waals surface area contributed by atoms with Gasteiger partial charge in [0.2, 0.25) is 5.91 Å². The van der Waals surface area contributed by atoms with Gasteiger partial charge in [-0.05, 0) is 55.2 Å². The Kier molecular flexibility index (Phi) is 6.24. The minimum absolute atomic E-state index is 0.0471. The first-order valence-electron chi connectivity index (χ1n) is 10.4. The fourth-order valence-corrected chi connectivity index (χ4v) is 4.01. The number of carbonyl (C=O) groups is 2. The summed E-state index contributed by atoms with van der Waals surface area (Å²) in [5.41, 5.74) is 3.36. The van der Waals surface area contributed by atoms with Gasteiger partial charge in [-0.25, -0.2) is 9.59 Å². The third-order valence-electron chi connectivity index (χ3n) is 5.76. The quantitative estimate of drug-likeness (QED) is 0.386. The van der Waals surface area contributed by atoms with Gasteiger partial charge in [0.15, 0.2) is 0 Å². The van der Waals surface area contributed by atoms with E-state index in [0.717, 1.165) is 27.5 Å². The van der Waals surface area contributed by atoms with Crippen LogP contribution in [0.4, 0.5) is 0 Å². The normalized spacial score (nSPS) is 12.2. The zero-order chi connectivity index (χ0) is 23.7. The molecule has 1 atom stereocenters. The first kappa shape index (κ1) is 22.6. The zero-order valence-corrected chi connectivity index (χ0v) is 18.9. The van der Waals surface area contributed by atoms with Crippen LogP contribution in [0.2, 0.25) is 5.02 Å². The molecule has 0 aliphatic carbocycles. The average molecular weight is 468 g/mol. The highest BCUT2D eigenvalue weighted by Gasteiger charge is 2.21. The van der Waals surface area contributed by atoms with Crippen molar-refractivity contribution in [3.63, 3.8) is 0 Å². The summed E-state index contributed by atoms with van der Waals surface area (Å²) in [6, 6.07) is 9.27. The van der Waals surface area contributed by atoms with Gasteiger partial charge in [0.05, 0.1) is 6.26 Å². The van der Waals surface area contributed by atoms with Crippen molar-refractivity contribution >= 4 is 45.4 Å². The molecule has 7 nitrogen and oxygen atoms in total. The maximum Gasteiger partial charge on any atom is 0.339 e. The van der Waals surface area contributed by atoms with E-state index in [1.165, 1.54) is 0 Å². The van der Waals surface area contributed by atoms with Gasteiger partial charge < -0.3 is 19.3 Å². The Morgan fingerprint density at radius 3 is 2.52 bits per heavy atom.